The Hall–Kier alpha value is -2.71. The Morgan fingerprint density at radius 1 is 0.895 bits per heavy atom. The summed E-state index contributed by atoms with van der Waals surface area (Å²) >= 11 is 0. The van der Waals surface area contributed by atoms with Crippen LogP contribution in [-0.2, 0) is 36.1 Å². The van der Waals surface area contributed by atoms with Crippen LogP contribution in [0.4, 0.5) is 0 Å². The van der Waals surface area contributed by atoms with Gasteiger partial charge in [-0.25, -0.2) is 16.8 Å². The number of methoxy groups -OCH3 is 2. The summed E-state index contributed by atoms with van der Waals surface area (Å²) in [7, 11) is -4.53. The van der Waals surface area contributed by atoms with E-state index in [-0.39, 0.29) is 47.0 Å². The minimum absolute atomic E-state index is 0.0290. The fourth-order valence-electron chi connectivity index (χ4n) is 4.53. The summed E-state index contributed by atoms with van der Waals surface area (Å²) < 4.78 is 70.5. The summed E-state index contributed by atoms with van der Waals surface area (Å²) in [5.41, 5.74) is 0.768. The number of nitrogens with one attached hydrogen (secondary N) is 1. The van der Waals surface area contributed by atoms with Crippen molar-refractivity contribution in [2.75, 3.05) is 53.6 Å². The molecule has 208 valence electrons. The minimum Gasteiger partial charge on any atom is -0.497 e. The lowest BCUT2D eigenvalue weighted by Crippen LogP contribution is -2.43. The molecule has 0 aromatic heterocycles. The number of morpholine rings is 1. The second-order valence-corrected chi connectivity index (χ2v) is 12.9. The molecule has 4 rings (SSSR count). The van der Waals surface area contributed by atoms with E-state index in [0.29, 0.717) is 44.9 Å². The third kappa shape index (κ3) is 6.12. The smallest absolute Gasteiger partial charge is 0.246 e. The van der Waals surface area contributed by atoms with Crippen LogP contribution in [0.15, 0.2) is 52.3 Å². The van der Waals surface area contributed by atoms with E-state index >= 15 is 0 Å². The molecular weight excluding hydrogens is 534 g/mol. The lowest BCUT2D eigenvalue weighted by atomic mass is 9.97. The molecule has 2 aliphatic rings. The number of nitrogens with zero attached hydrogens (tertiary/aromatic N) is 2. The van der Waals surface area contributed by atoms with Gasteiger partial charge in [0.2, 0.25) is 26.0 Å². The Bertz CT molecular complexity index is 1330. The van der Waals surface area contributed by atoms with Crippen LogP contribution in [0, 0.1) is 5.92 Å². The Labute approximate surface area is 223 Å². The first-order valence-electron chi connectivity index (χ1n) is 12.3. The highest BCUT2D eigenvalue weighted by atomic mass is 32.2. The van der Waals surface area contributed by atoms with Gasteiger partial charge in [0.25, 0.3) is 0 Å². The standard InChI is InChI=1S/C25H33N3O8S2/c1-34-21-5-8-23(35-2)24(17-21)38(32,33)27-11-9-20(10-12-27)25(29)26-18-19-3-6-22(7-4-19)37(30,31)28-13-15-36-16-14-28/h3-8,17,20H,9-16,18H2,1-2H3,(H,26,29). The minimum atomic E-state index is -3.83. The predicted molar refractivity (Wildman–Crippen MR) is 139 cm³/mol. The van der Waals surface area contributed by atoms with Crippen molar-refractivity contribution in [3.05, 3.63) is 48.0 Å². The van der Waals surface area contributed by atoms with E-state index < -0.39 is 20.0 Å². The zero-order chi connectivity index (χ0) is 27.3. The molecular formula is C25H33N3O8S2. The maximum Gasteiger partial charge on any atom is 0.246 e. The average molecular weight is 568 g/mol. The van der Waals surface area contributed by atoms with Gasteiger partial charge in [-0.15, -0.1) is 0 Å². The van der Waals surface area contributed by atoms with Gasteiger partial charge in [-0.05, 0) is 42.7 Å². The van der Waals surface area contributed by atoms with Crippen molar-refractivity contribution in [1.82, 2.24) is 13.9 Å². The molecule has 0 unspecified atom stereocenters. The van der Waals surface area contributed by atoms with Crippen molar-refractivity contribution in [2.45, 2.75) is 29.2 Å². The lowest BCUT2D eigenvalue weighted by molar-refractivity contribution is -0.126. The van der Waals surface area contributed by atoms with Crippen LogP contribution < -0.4 is 14.8 Å². The van der Waals surface area contributed by atoms with Crippen LogP contribution in [0.2, 0.25) is 0 Å². The van der Waals surface area contributed by atoms with Crippen molar-refractivity contribution in [1.29, 1.82) is 0 Å². The van der Waals surface area contributed by atoms with Crippen LogP contribution in [0.5, 0.6) is 11.5 Å². The maximum absolute atomic E-state index is 13.3. The molecule has 2 heterocycles. The number of carbonyl (C=O) groups is 1. The number of piperidine rings is 1. The molecule has 13 heteroatoms. The first-order valence-corrected chi connectivity index (χ1v) is 15.2. The largest absolute Gasteiger partial charge is 0.497 e. The van der Waals surface area contributed by atoms with Gasteiger partial charge in [-0.1, -0.05) is 12.1 Å². The highest BCUT2D eigenvalue weighted by Gasteiger charge is 2.34. The third-order valence-electron chi connectivity index (χ3n) is 6.81. The Morgan fingerprint density at radius 2 is 1.53 bits per heavy atom. The second-order valence-electron chi connectivity index (χ2n) is 9.07. The van der Waals surface area contributed by atoms with Gasteiger partial charge in [-0.3, -0.25) is 4.79 Å². The average Bonchev–Trinajstić information content (AvgIpc) is 2.96. The van der Waals surface area contributed by atoms with Gasteiger partial charge in [0.05, 0.1) is 32.3 Å². The number of hydrogen-bond donors (Lipinski definition) is 1. The highest BCUT2D eigenvalue weighted by molar-refractivity contribution is 7.89. The van der Waals surface area contributed by atoms with Crippen LogP contribution in [0.1, 0.15) is 18.4 Å². The van der Waals surface area contributed by atoms with Crippen molar-refractivity contribution in [2.24, 2.45) is 5.92 Å². The topological polar surface area (TPSA) is 132 Å². The number of sulfonamides is 2. The molecule has 2 saturated heterocycles. The van der Waals surface area contributed by atoms with Crippen molar-refractivity contribution in [3.63, 3.8) is 0 Å². The Morgan fingerprint density at radius 3 is 2.13 bits per heavy atom. The predicted octanol–water partition coefficient (Wildman–Crippen LogP) is 1.44. The number of carbonyl (C=O) groups excluding carboxylic acids is 1. The van der Waals surface area contributed by atoms with E-state index in [9.17, 15) is 21.6 Å². The Balaban J connectivity index is 1.31. The summed E-state index contributed by atoms with van der Waals surface area (Å²) in [5, 5.41) is 2.89. The molecule has 0 spiro atoms. The SMILES string of the molecule is COc1ccc(OC)c(S(=O)(=O)N2CCC(C(=O)NCc3ccc(S(=O)(=O)N4CCOCC4)cc3)CC2)c1. The molecule has 2 aromatic carbocycles. The zero-order valence-electron chi connectivity index (χ0n) is 21.5. The number of ether oxygens (including phenoxy) is 3. The van der Waals surface area contributed by atoms with Gasteiger partial charge < -0.3 is 19.5 Å². The molecule has 2 fully saturated rings. The first-order chi connectivity index (χ1) is 18.2. The number of benzene rings is 2. The van der Waals surface area contributed by atoms with Crippen molar-refractivity contribution < 1.29 is 35.8 Å². The number of rotatable bonds is 9. The van der Waals surface area contributed by atoms with Crippen LogP contribution >= 0.6 is 0 Å². The second kappa shape index (κ2) is 12.0. The quantitative estimate of drug-likeness (QED) is 0.482. The zero-order valence-corrected chi connectivity index (χ0v) is 23.1. The fraction of sp³-hybridized carbons (Fsp3) is 0.480. The van der Waals surface area contributed by atoms with E-state index in [1.807, 2.05) is 0 Å². The van der Waals surface area contributed by atoms with Crippen LogP contribution in [0.25, 0.3) is 0 Å². The molecule has 0 atom stereocenters. The highest BCUT2D eigenvalue weighted by Crippen LogP contribution is 2.32. The molecule has 0 bridgehead atoms. The molecule has 1 N–H and O–H groups in total. The molecule has 11 nitrogen and oxygen atoms in total. The fourth-order valence-corrected chi connectivity index (χ4v) is 7.58. The van der Waals surface area contributed by atoms with E-state index in [0.717, 1.165) is 5.56 Å². The molecule has 0 aliphatic carbocycles. The first kappa shape index (κ1) is 28.3. The monoisotopic (exact) mass is 567 g/mol. The molecule has 2 aromatic rings. The van der Waals surface area contributed by atoms with Gasteiger partial charge in [0.15, 0.2) is 0 Å². The molecule has 38 heavy (non-hydrogen) atoms. The van der Waals surface area contributed by atoms with E-state index in [4.69, 9.17) is 14.2 Å². The summed E-state index contributed by atoms with van der Waals surface area (Å²) in [6.07, 6.45) is 0.766. The molecule has 0 saturated carbocycles. The number of amides is 1. The van der Waals surface area contributed by atoms with Gasteiger partial charge in [0.1, 0.15) is 16.4 Å². The molecule has 0 radical (unpaired) electrons. The molecule has 2 aliphatic heterocycles. The van der Waals surface area contributed by atoms with E-state index in [2.05, 4.69) is 5.32 Å². The van der Waals surface area contributed by atoms with Gasteiger partial charge in [-0.2, -0.15) is 8.61 Å². The normalized spacial score (nSPS) is 18.2. The van der Waals surface area contributed by atoms with Crippen LogP contribution in [0.3, 0.4) is 0 Å². The van der Waals surface area contributed by atoms with Gasteiger partial charge >= 0.3 is 0 Å². The number of hydrogen-bond acceptors (Lipinski definition) is 8. The maximum atomic E-state index is 13.3. The van der Waals surface area contributed by atoms with Crippen LogP contribution in [-0.4, -0.2) is 85.0 Å². The lowest BCUT2D eigenvalue weighted by Gasteiger charge is -2.31. The molecule has 1 amide bonds. The third-order valence-corrected chi connectivity index (χ3v) is 10.6. The van der Waals surface area contributed by atoms with Crippen molar-refractivity contribution >= 4 is 26.0 Å². The Kier molecular flexibility index (Phi) is 8.93. The van der Waals surface area contributed by atoms with Crippen molar-refractivity contribution in [3.8, 4) is 11.5 Å². The summed E-state index contributed by atoms with van der Waals surface area (Å²) in [6.45, 7) is 2.06. The van der Waals surface area contributed by atoms with E-state index in [1.165, 1.54) is 28.9 Å². The van der Waals surface area contributed by atoms with E-state index in [1.54, 1.807) is 36.4 Å². The van der Waals surface area contributed by atoms with Gasteiger partial charge in [0, 0.05) is 44.7 Å². The summed E-state index contributed by atoms with van der Waals surface area (Å²) in [6, 6.07) is 11.1. The summed E-state index contributed by atoms with van der Waals surface area (Å²) in [4.78, 5) is 13.0. The summed E-state index contributed by atoms with van der Waals surface area (Å²) in [5.74, 6) is 0.153.